The molecule has 0 spiro atoms. The third kappa shape index (κ3) is 3.72. The number of imidazole rings is 1. The molecule has 1 aliphatic rings. The van der Waals surface area contributed by atoms with Crippen molar-refractivity contribution < 1.29 is 9.53 Å². The predicted molar refractivity (Wildman–Crippen MR) is 73.1 cm³/mol. The third-order valence-electron chi connectivity index (χ3n) is 3.26. The number of carbonyl (C=O) groups excluding carboxylic acids is 1. The zero-order valence-electron chi connectivity index (χ0n) is 12.2. The number of aryl methyl sites for hydroxylation is 1. The molecule has 1 aromatic rings. The van der Waals surface area contributed by atoms with Crippen LogP contribution in [0.1, 0.15) is 51.0 Å². The summed E-state index contributed by atoms with van der Waals surface area (Å²) in [6, 6.07) is 0. The van der Waals surface area contributed by atoms with Crippen LogP contribution in [0.15, 0.2) is 6.20 Å². The van der Waals surface area contributed by atoms with Crippen LogP contribution in [-0.4, -0.2) is 39.7 Å². The minimum atomic E-state index is -0.425. The highest BCUT2D eigenvalue weighted by Crippen LogP contribution is 2.26. The minimum absolute atomic E-state index is 0.207. The molecule has 1 aromatic heterocycles. The molecule has 0 aromatic carbocycles. The van der Waals surface area contributed by atoms with Gasteiger partial charge in [-0.05, 0) is 40.5 Å². The molecule has 5 nitrogen and oxygen atoms in total. The molecule has 106 valence electrons. The topological polar surface area (TPSA) is 58.2 Å². The second kappa shape index (κ2) is 5.23. The Bertz CT molecular complexity index is 440. The summed E-state index contributed by atoms with van der Waals surface area (Å²) in [7, 11) is 0. The van der Waals surface area contributed by atoms with Crippen molar-refractivity contribution in [3.63, 3.8) is 0 Å². The van der Waals surface area contributed by atoms with Gasteiger partial charge in [-0.15, -0.1) is 0 Å². The molecule has 19 heavy (non-hydrogen) atoms. The average molecular weight is 265 g/mol. The number of aromatic nitrogens is 2. The Kier molecular flexibility index (Phi) is 3.83. The van der Waals surface area contributed by atoms with Crippen molar-refractivity contribution >= 4 is 6.09 Å². The number of ether oxygens (including phenoxy) is 1. The largest absolute Gasteiger partial charge is 0.444 e. The molecule has 0 saturated carbocycles. The molecule has 2 rings (SSSR count). The first-order valence-electron chi connectivity index (χ1n) is 6.84. The van der Waals surface area contributed by atoms with Gasteiger partial charge in [0.05, 0.1) is 0 Å². The summed E-state index contributed by atoms with van der Waals surface area (Å²) in [4.78, 5) is 21.4. The summed E-state index contributed by atoms with van der Waals surface area (Å²) in [5.41, 5.74) is 0.663. The Morgan fingerprint density at radius 3 is 2.53 bits per heavy atom. The van der Waals surface area contributed by atoms with Gasteiger partial charge in [-0.2, -0.15) is 0 Å². The lowest BCUT2D eigenvalue weighted by molar-refractivity contribution is 0.0203. The number of aromatic amines is 1. The lowest BCUT2D eigenvalue weighted by Crippen LogP contribution is -2.41. The summed E-state index contributed by atoms with van der Waals surface area (Å²) < 4.78 is 5.39. The van der Waals surface area contributed by atoms with Gasteiger partial charge in [-0.25, -0.2) is 9.78 Å². The van der Waals surface area contributed by atoms with E-state index < -0.39 is 5.60 Å². The van der Waals surface area contributed by atoms with Crippen LogP contribution in [-0.2, 0) is 4.74 Å². The van der Waals surface area contributed by atoms with Crippen molar-refractivity contribution in [3.8, 4) is 0 Å². The first-order valence-corrected chi connectivity index (χ1v) is 6.84. The van der Waals surface area contributed by atoms with E-state index in [1.807, 2.05) is 33.9 Å². The number of H-pyrrole nitrogens is 1. The molecule has 1 amide bonds. The van der Waals surface area contributed by atoms with Crippen molar-refractivity contribution in [1.82, 2.24) is 14.9 Å². The van der Waals surface area contributed by atoms with Crippen molar-refractivity contribution in [2.75, 3.05) is 13.1 Å². The Hall–Kier alpha value is -1.52. The van der Waals surface area contributed by atoms with Crippen molar-refractivity contribution in [2.24, 2.45) is 0 Å². The smallest absolute Gasteiger partial charge is 0.410 e. The van der Waals surface area contributed by atoms with Crippen LogP contribution in [0.3, 0.4) is 0 Å². The number of nitrogens with zero attached hydrogens (tertiary/aromatic N) is 2. The molecule has 1 aliphatic heterocycles. The number of likely N-dealkylation sites (tertiary alicyclic amines) is 1. The molecule has 5 heteroatoms. The summed E-state index contributed by atoms with van der Waals surface area (Å²) in [5, 5.41) is 0. The molecular formula is C14H23N3O2. The second-order valence-corrected chi connectivity index (χ2v) is 6.19. The van der Waals surface area contributed by atoms with Crippen LogP contribution < -0.4 is 0 Å². The molecule has 0 unspecified atom stereocenters. The Balaban J connectivity index is 1.87. The highest BCUT2D eigenvalue weighted by molar-refractivity contribution is 5.68. The number of rotatable bonds is 1. The zero-order chi connectivity index (χ0) is 14.0. The van der Waals surface area contributed by atoms with Gasteiger partial charge in [0.15, 0.2) is 0 Å². The van der Waals surface area contributed by atoms with Gasteiger partial charge in [0.2, 0.25) is 0 Å². The molecule has 1 N–H and O–H groups in total. The van der Waals surface area contributed by atoms with Gasteiger partial charge >= 0.3 is 6.09 Å². The van der Waals surface area contributed by atoms with E-state index in [0.717, 1.165) is 37.4 Å². The molecule has 1 fully saturated rings. The number of nitrogens with one attached hydrogen (secondary N) is 1. The number of piperidine rings is 1. The molecule has 2 heterocycles. The Morgan fingerprint density at radius 2 is 2.05 bits per heavy atom. The number of carbonyl (C=O) groups is 1. The molecule has 0 radical (unpaired) electrons. The van der Waals surface area contributed by atoms with Gasteiger partial charge in [0.1, 0.15) is 11.4 Å². The van der Waals surface area contributed by atoms with Crippen molar-refractivity contribution in [1.29, 1.82) is 0 Å². The fourth-order valence-corrected chi connectivity index (χ4v) is 2.30. The number of amides is 1. The minimum Gasteiger partial charge on any atom is -0.444 e. The van der Waals surface area contributed by atoms with Crippen LogP contribution in [0.5, 0.6) is 0 Å². The molecule has 1 saturated heterocycles. The summed E-state index contributed by atoms with van der Waals surface area (Å²) in [6.07, 6.45) is 3.52. The van der Waals surface area contributed by atoms with E-state index in [2.05, 4.69) is 9.97 Å². The van der Waals surface area contributed by atoms with Crippen molar-refractivity contribution in [3.05, 3.63) is 17.7 Å². The Labute approximate surface area is 114 Å². The normalized spacial score (nSPS) is 17.6. The van der Waals surface area contributed by atoms with E-state index >= 15 is 0 Å². The van der Waals surface area contributed by atoms with E-state index in [9.17, 15) is 4.79 Å². The summed E-state index contributed by atoms with van der Waals surface area (Å²) in [6.45, 7) is 9.15. The van der Waals surface area contributed by atoms with Crippen LogP contribution in [0, 0.1) is 6.92 Å². The lowest BCUT2D eigenvalue weighted by atomic mass is 9.96. The highest BCUT2D eigenvalue weighted by atomic mass is 16.6. The second-order valence-electron chi connectivity index (χ2n) is 6.19. The molecule has 0 bridgehead atoms. The Morgan fingerprint density at radius 1 is 1.42 bits per heavy atom. The maximum atomic E-state index is 11.9. The van der Waals surface area contributed by atoms with Gasteiger partial charge in [0.25, 0.3) is 0 Å². The van der Waals surface area contributed by atoms with Gasteiger partial charge in [-0.1, -0.05) is 0 Å². The van der Waals surface area contributed by atoms with Gasteiger partial charge < -0.3 is 14.6 Å². The monoisotopic (exact) mass is 265 g/mol. The highest BCUT2D eigenvalue weighted by Gasteiger charge is 2.28. The van der Waals surface area contributed by atoms with Crippen LogP contribution >= 0.6 is 0 Å². The maximum absolute atomic E-state index is 11.9. The quantitative estimate of drug-likeness (QED) is 0.849. The fraction of sp³-hybridized carbons (Fsp3) is 0.714. The van der Waals surface area contributed by atoms with E-state index in [1.54, 1.807) is 4.90 Å². The van der Waals surface area contributed by atoms with Gasteiger partial charge in [-0.3, -0.25) is 0 Å². The molecule has 0 atom stereocenters. The summed E-state index contributed by atoms with van der Waals surface area (Å²) >= 11 is 0. The number of hydrogen-bond acceptors (Lipinski definition) is 3. The van der Waals surface area contributed by atoms with Crippen LogP contribution in [0.4, 0.5) is 4.79 Å². The van der Waals surface area contributed by atoms with E-state index in [1.165, 1.54) is 0 Å². The first kappa shape index (κ1) is 13.9. The lowest BCUT2D eigenvalue weighted by Gasteiger charge is -2.32. The predicted octanol–water partition coefficient (Wildman–Crippen LogP) is 2.83. The first-order chi connectivity index (χ1) is 8.85. The maximum Gasteiger partial charge on any atom is 0.410 e. The average Bonchev–Trinajstić information content (AvgIpc) is 2.74. The summed E-state index contributed by atoms with van der Waals surface area (Å²) in [5.74, 6) is 1.47. The van der Waals surface area contributed by atoms with E-state index in [-0.39, 0.29) is 6.09 Å². The van der Waals surface area contributed by atoms with E-state index in [4.69, 9.17) is 4.74 Å². The third-order valence-corrected chi connectivity index (χ3v) is 3.26. The van der Waals surface area contributed by atoms with Crippen molar-refractivity contribution in [2.45, 2.75) is 52.1 Å². The fourth-order valence-electron chi connectivity index (χ4n) is 2.30. The molecule has 0 aliphatic carbocycles. The van der Waals surface area contributed by atoms with Gasteiger partial charge in [0, 0.05) is 30.9 Å². The standard InChI is InChI=1S/C14H23N3O2/c1-10-9-15-12(16-10)11-5-7-17(8-6-11)13(18)19-14(2,3)4/h9,11H,5-8H2,1-4H3,(H,15,16). The van der Waals surface area contributed by atoms with Crippen LogP contribution in [0.25, 0.3) is 0 Å². The SMILES string of the molecule is Cc1cnc(C2CCN(C(=O)OC(C)(C)C)CC2)[nH]1. The zero-order valence-corrected chi connectivity index (χ0v) is 12.2. The number of hydrogen-bond donors (Lipinski definition) is 1. The van der Waals surface area contributed by atoms with Crippen LogP contribution in [0.2, 0.25) is 0 Å². The molecular weight excluding hydrogens is 242 g/mol. The van der Waals surface area contributed by atoms with E-state index in [0.29, 0.717) is 5.92 Å².